The number of nitrogens with two attached hydrogens (primary N) is 1. The van der Waals surface area contributed by atoms with Gasteiger partial charge in [0.2, 0.25) is 5.82 Å². The van der Waals surface area contributed by atoms with E-state index in [1.165, 1.54) is 4.68 Å². The molecule has 0 spiro atoms. The molecule has 3 aromatic heterocycles. The number of nitrogens with zero attached hydrogens (tertiary/aromatic N) is 6. The van der Waals surface area contributed by atoms with Gasteiger partial charge in [-0.1, -0.05) is 64.1 Å². The number of ether oxygens (including phenoxy) is 1. The number of nitrogen functional groups attached to an aromatic ring is 1. The second-order valence-corrected chi connectivity index (χ2v) is 13.5. The van der Waals surface area contributed by atoms with Crippen LogP contribution in [0.25, 0.3) is 33.2 Å². The molecule has 0 saturated heterocycles. The summed E-state index contributed by atoms with van der Waals surface area (Å²) in [6.45, 7) is 9.45. The fraction of sp³-hybridized carbons (Fsp3) is 0.325. The first-order chi connectivity index (χ1) is 26.3. The average Bonchev–Trinajstić information content (AvgIpc) is 3.76. The van der Waals surface area contributed by atoms with Crippen LogP contribution in [0.1, 0.15) is 57.3 Å². The molecule has 290 valence electrons. The Bertz CT molecular complexity index is 2270. The fourth-order valence-electron chi connectivity index (χ4n) is 6.57. The quantitative estimate of drug-likeness (QED) is 0.0588. The zero-order valence-electron chi connectivity index (χ0n) is 31.4. The predicted molar refractivity (Wildman–Crippen MR) is 207 cm³/mol. The van der Waals surface area contributed by atoms with Gasteiger partial charge in [0.15, 0.2) is 0 Å². The summed E-state index contributed by atoms with van der Waals surface area (Å²) < 4.78 is 23.9. The zero-order chi connectivity index (χ0) is 40.0. The lowest BCUT2D eigenvalue weighted by molar-refractivity contribution is -0.387. The molecule has 6 rings (SSSR count). The van der Waals surface area contributed by atoms with E-state index in [-0.39, 0.29) is 44.4 Å². The van der Waals surface area contributed by atoms with Crippen LogP contribution in [0.3, 0.4) is 0 Å². The van der Waals surface area contributed by atoms with Crippen molar-refractivity contribution in [1.29, 1.82) is 0 Å². The third kappa shape index (κ3) is 8.75. The van der Waals surface area contributed by atoms with Crippen molar-refractivity contribution < 1.29 is 34.5 Å². The number of aliphatic hydroxyl groups is 2. The Balaban J connectivity index is 0.00000285. The van der Waals surface area contributed by atoms with Crippen LogP contribution >= 0.6 is 0 Å². The van der Waals surface area contributed by atoms with Gasteiger partial charge in [0.05, 0.1) is 61.3 Å². The number of rotatable bonds is 14. The van der Waals surface area contributed by atoms with Gasteiger partial charge in [-0.2, -0.15) is 4.39 Å². The lowest BCUT2D eigenvalue weighted by Gasteiger charge is -2.25. The number of aromatic hydroxyl groups is 2. The number of benzene rings is 3. The van der Waals surface area contributed by atoms with Crippen LogP contribution < -0.4 is 5.73 Å². The molecule has 1 unspecified atom stereocenters. The van der Waals surface area contributed by atoms with Crippen molar-refractivity contribution in [1.82, 2.24) is 24.5 Å². The SMILES string of the molecule is CC.CCc1c(-c2ccc(O)cc2)c(N)nc(COCc2cn(CC(O)Cn3c(C(C)(C)CO)cc4cc([N+](=O)[O-])c(F)cc43)nn2)c1-c1ccc(O)cc1. The van der Waals surface area contributed by atoms with Gasteiger partial charge < -0.3 is 35.5 Å². The molecular formula is C40H46FN7O7. The summed E-state index contributed by atoms with van der Waals surface area (Å²) in [6.07, 6.45) is 1.20. The van der Waals surface area contributed by atoms with E-state index in [2.05, 4.69) is 10.3 Å². The van der Waals surface area contributed by atoms with Gasteiger partial charge in [-0.15, -0.1) is 5.10 Å². The number of fused-ring (bicyclic) bond motifs is 1. The molecule has 0 aliphatic rings. The number of phenols is 2. The summed E-state index contributed by atoms with van der Waals surface area (Å²) in [5.74, 6) is -0.448. The topological polar surface area (TPSA) is 208 Å². The highest BCUT2D eigenvalue weighted by Gasteiger charge is 2.28. The number of aliphatic hydroxyl groups excluding tert-OH is 2. The van der Waals surface area contributed by atoms with E-state index in [9.17, 15) is 34.9 Å². The Morgan fingerprint density at radius 2 is 1.58 bits per heavy atom. The maximum atomic E-state index is 14.7. The number of nitro benzene ring substituents is 1. The third-order valence-electron chi connectivity index (χ3n) is 9.19. The van der Waals surface area contributed by atoms with E-state index in [4.69, 9.17) is 15.5 Å². The monoisotopic (exact) mass is 755 g/mol. The molecule has 0 amide bonds. The molecule has 14 nitrogen and oxygen atoms in total. The van der Waals surface area contributed by atoms with Crippen LogP contribution in [0.2, 0.25) is 0 Å². The maximum Gasteiger partial charge on any atom is 0.305 e. The number of hydrogen-bond donors (Lipinski definition) is 5. The molecule has 3 aromatic carbocycles. The van der Waals surface area contributed by atoms with Gasteiger partial charge in [-0.05, 0) is 53.4 Å². The van der Waals surface area contributed by atoms with Gasteiger partial charge in [0, 0.05) is 39.8 Å². The minimum absolute atomic E-state index is 0.0156. The normalized spacial score (nSPS) is 12.1. The summed E-state index contributed by atoms with van der Waals surface area (Å²) in [5.41, 5.74) is 11.2. The number of pyridine rings is 1. The zero-order valence-corrected chi connectivity index (χ0v) is 31.4. The summed E-state index contributed by atoms with van der Waals surface area (Å²) in [7, 11) is 0. The molecule has 0 fully saturated rings. The number of halogens is 1. The van der Waals surface area contributed by atoms with Crippen LogP contribution in [0.5, 0.6) is 11.5 Å². The van der Waals surface area contributed by atoms with Gasteiger partial charge in [0.25, 0.3) is 0 Å². The first kappa shape index (κ1) is 40.3. The van der Waals surface area contributed by atoms with Crippen molar-refractivity contribution in [3.05, 3.63) is 112 Å². The number of aromatic nitrogens is 5. The second kappa shape index (κ2) is 17.1. The highest BCUT2D eigenvalue weighted by Crippen LogP contribution is 2.39. The number of nitro groups is 1. The highest BCUT2D eigenvalue weighted by atomic mass is 19.1. The number of anilines is 1. The largest absolute Gasteiger partial charge is 0.508 e. The molecule has 0 aliphatic carbocycles. The van der Waals surface area contributed by atoms with Gasteiger partial charge in [-0.3, -0.25) is 10.1 Å². The Morgan fingerprint density at radius 3 is 2.16 bits per heavy atom. The van der Waals surface area contributed by atoms with Crippen molar-refractivity contribution in [2.24, 2.45) is 0 Å². The third-order valence-corrected chi connectivity index (χ3v) is 9.19. The molecule has 1 atom stereocenters. The van der Waals surface area contributed by atoms with E-state index in [0.29, 0.717) is 40.2 Å². The Morgan fingerprint density at radius 1 is 0.964 bits per heavy atom. The average molecular weight is 756 g/mol. The van der Waals surface area contributed by atoms with Gasteiger partial charge in [-0.25, -0.2) is 9.67 Å². The van der Waals surface area contributed by atoms with E-state index < -0.39 is 27.9 Å². The summed E-state index contributed by atoms with van der Waals surface area (Å²) >= 11 is 0. The van der Waals surface area contributed by atoms with Crippen molar-refractivity contribution in [2.45, 2.75) is 78.9 Å². The van der Waals surface area contributed by atoms with E-state index in [1.807, 2.05) is 20.8 Å². The summed E-state index contributed by atoms with van der Waals surface area (Å²) in [5, 5.41) is 61.1. The minimum Gasteiger partial charge on any atom is -0.508 e. The summed E-state index contributed by atoms with van der Waals surface area (Å²) in [6, 6.07) is 17.4. The molecule has 3 heterocycles. The van der Waals surface area contributed by atoms with Gasteiger partial charge in [0.1, 0.15) is 23.0 Å². The van der Waals surface area contributed by atoms with Crippen molar-refractivity contribution >= 4 is 22.4 Å². The highest BCUT2D eigenvalue weighted by molar-refractivity contribution is 5.86. The smallest absolute Gasteiger partial charge is 0.305 e. The molecular weight excluding hydrogens is 709 g/mol. The first-order valence-corrected chi connectivity index (χ1v) is 17.9. The lowest BCUT2D eigenvalue weighted by atomic mass is 9.89. The molecule has 55 heavy (non-hydrogen) atoms. The van der Waals surface area contributed by atoms with E-state index in [0.717, 1.165) is 39.9 Å². The Kier molecular flexibility index (Phi) is 12.5. The molecule has 0 radical (unpaired) electrons. The Labute approximate surface area is 317 Å². The number of hydrogen-bond acceptors (Lipinski definition) is 11. The van der Waals surface area contributed by atoms with Crippen LogP contribution in [0, 0.1) is 15.9 Å². The molecule has 15 heteroatoms. The van der Waals surface area contributed by atoms with E-state index in [1.54, 1.807) is 79.2 Å². The van der Waals surface area contributed by atoms with Crippen molar-refractivity contribution in [2.75, 3.05) is 12.3 Å². The first-order valence-electron chi connectivity index (χ1n) is 17.9. The van der Waals surface area contributed by atoms with Crippen LogP contribution in [0.15, 0.2) is 72.9 Å². The maximum absolute atomic E-state index is 14.7. The molecule has 6 aromatic rings. The van der Waals surface area contributed by atoms with Crippen LogP contribution in [-0.4, -0.2) is 62.6 Å². The molecule has 0 bridgehead atoms. The lowest BCUT2D eigenvalue weighted by Crippen LogP contribution is -2.29. The van der Waals surface area contributed by atoms with E-state index >= 15 is 0 Å². The minimum atomic E-state index is -1.04. The van der Waals surface area contributed by atoms with Crippen LogP contribution in [0.4, 0.5) is 15.9 Å². The van der Waals surface area contributed by atoms with Crippen molar-refractivity contribution in [3.8, 4) is 33.8 Å². The van der Waals surface area contributed by atoms with Crippen LogP contribution in [-0.2, 0) is 42.9 Å². The fourth-order valence-corrected chi connectivity index (χ4v) is 6.57. The standard InChI is InChI=1S/C38H40FN7O7.C2H6/c1-4-29-35(22-5-9-26(48)10-6-22)31(41-37(40)36(29)23-7-11-27(49)12-8-23)20-53-19-25-16-44(43-42-25)17-28(50)18-45-32-15-30(39)33(46(51)52)13-24(32)14-34(45)38(2,3)21-47;1-2/h5-16,28,47-50H,4,17-21H2,1-3H3,(H2,40,41);1-2H3. The Hall–Kier alpha value is -5.90. The molecule has 6 N–H and O–H groups in total. The van der Waals surface area contributed by atoms with Crippen molar-refractivity contribution in [3.63, 3.8) is 0 Å². The predicted octanol–water partition coefficient (Wildman–Crippen LogP) is 6.64. The second-order valence-electron chi connectivity index (χ2n) is 13.5. The summed E-state index contributed by atoms with van der Waals surface area (Å²) in [4.78, 5) is 15.3. The van der Waals surface area contributed by atoms with Gasteiger partial charge >= 0.3 is 5.69 Å². The molecule has 0 aliphatic heterocycles. The molecule has 0 saturated carbocycles. The number of phenolic OH excluding ortho intramolecular Hbond substituents is 2.